The van der Waals surface area contributed by atoms with Gasteiger partial charge in [0.2, 0.25) is 0 Å². The standard InChI is InChI=1S/C9H13NO2/c1-7(2)3-4-8(5-6-10)9(11)12/h5,7H,3-4H2,1-2H3,(H,11,12). The number of carbonyl (C=O) groups is 1. The SMILES string of the molecule is CC(C)CCC(=CC#N)C(=O)O. The van der Waals surface area contributed by atoms with Crippen LogP contribution in [0.25, 0.3) is 0 Å². The van der Waals surface area contributed by atoms with Gasteiger partial charge < -0.3 is 5.11 Å². The molecule has 0 fully saturated rings. The van der Waals surface area contributed by atoms with Crippen LogP contribution in [-0.4, -0.2) is 11.1 Å². The first-order chi connectivity index (χ1) is 5.57. The molecule has 0 radical (unpaired) electrons. The summed E-state index contributed by atoms with van der Waals surface area (Å²) in [6, 6.07) is 1.73. The molecule has 0 saturated carbocycles. The molecule has 0 rings (SSSR count). The minimum atomic E-state index is -0.989. The van der Waals surface area contributed by atoms with Crippen LogP contribution < -0.4 is 0 Å². The Morgan fingerprint density at radius 2 is 2.25 bits per heavy atom. The number of hydrogen-bond acceptors (Lipinski definition) is 2. The van der Waals surface area contributed by atoms with Crippen LogP contribution in [-0.2, 0) is 4.79 Å². The maximum absolute atomic E-state index is 10.5. The molecule has 0 unspecified atom stereocenters. The smallest absolute Gasteiger partial charge is 0.332 e. The summed E-state index contributed by atoms with van der Waals surface area (Å²) in [5.74, 6) is -0.524. The van der Waals surface area contributed by atoms with Crippen molar-refractivity contribution in [2.24, 2.45) is 5.92 Å². The van der Waals surface area contributed by atoms with Gasteiger partial charge in [0.1, 0.15) is 0 Å². The maximum Gasteiger partial charge on any atom is 0.332 e. The minimum absolute atomic E-state index is 0.200. The highest BCUT2D eigenvalue weighted by Gasteiger charge is 2.07. The molecule has 0 aromatic rings. The third-order valence-electron chi connectivity index (χ3n) is 1.50. The molecule has 66 valence electrons. The van der Waals surface area contributed by atoms with Gasteiger partial charge in [-0.2, -0.15) is 5.26 Å². The van der Waals surface area contributed by atoms with Gasteiger partial charge >= 0.3 is 5.97 Å². The molecule has 0 amide bonds. The van der Waals surface area contributed by atoms with Crippen LogP contribution >= 0.6 is 0 Å². The van der Waals surface area contributed by atoms with Crippen molar-refractivity contribution in [1.82, 2.24) is 0 Å². The Morgan fingerprint density at radius 1 is 1.67 bits per heavy atom. The zero-order chi connectivity index (χ0) is 9.56. The molecule has 3 heteroatoms. The molecule has 12 heavy (non-hydrogen) atoms. The largest absolute Gasteiger partial charge is 0.478 e. The van der Waals surface area contributed by atoms with Gasteiger partial charge in [-0.1, -0.05) is 13.8 Å². The molecule has 0 aliphatic rings. The van der Waals surface area contributed by atoms with Crippen LogP contribution in [0, 0.1) is 17.2 Å². The second-order valence-electron chi connectivity index (χ2n) is 3.04. The summed E-state index contributed by atoms with van der Waals surface area (Å²) in [6.07, 6.45) is 2.38. The lowest BCUT2D eigenvalue weighted by molar-refractivity contribution is -0.132. The van der Waals surface area contributed by atoms with Crippen molar-refractivity contribution in [2.45, 2.75) is 26.7 Å². The van der Waals surface area contributed by atoms with E-state index in [2.05, 4.69) is 0 Å². The lowest BCUT2D eigenvalue weighted by Gasteiger charge is -2.03. The zero-order valence-electron chi connectivity index (χ0n) is 7.37. The van der Waals surface area contributed by atoms with E-state index in [9.17, 15) is 4.79 Å². The highest BCUT2D eigenvalue weighted by atomic mass is 16.4. The van der Waals surface area contributed by atoms with Crippen molar-refractivity contribution in [2.75, 3.05) is 0 Å². The molecule has 0 saturated heterocycles. The summed E-state index contributed by atoms with van der Waals surface area (Å²) in [5, 5.41) is 16.9. The van der Waals surface area contributed by atoms with Crippen LogP contribution in [0.2, 0.25) is 0 Å². The number of hydrogen-bond donors (Lipinski definition) is 1. The first-order valence-corrected chi connectivity index (χ1v) is 3.90. The Morgan fingerprint density at radius 3 is 2.58 bits per heavy atom. The zero-order valence-corrected chi connectivity index (χ0v) is 7.37. The van der Waals surface area contributed by atoms with E-state index < -0.39 is 5.97 Å². The Hall–Kier alpha value is -1.30. The van der Waals surface area contributed by atoms with E-state index in [-0.39, 0.29) is 5.57 Å². The third kappa shape index (κ3) is 4.51. The highest BCUT2D eigenvalue weighted by Crippen LogP contribution is 2.11. The van der Waals surface area contributed by atoms with E-state index in [1.165, 1.54) is 0 Å². The fraction of sp³-hybridized carbons (Fsp3) is 0.556. The summed E-state index contributed by atoms with van der Waals surface area (Å²) >= 11 is 0. The molecule has 3 nitrogen and oxygen atoms in total. The lowest BCUT2D eigenvalue weighted by atomic mass is 10.0. The first-order valence-electron chi connectivity index (χ1n) is 3.90. The average Bonchev–Trinajstić information content (AvgIpc) is 1.96. The Kier molecular flexibility index (Phi) is 4.78. The fourth-order valence-electron chi connectivity index (χ4n) is 0.763. The first kappa shape index (κ1) is 10.7. The summed E-state index contributed by atoms with van der Waals surface area (Å²) in [5.41, 5.74) is 0.200. The second-order valence-corrected chi connectivity index (χ2v) is 3.04. The summed E-state index contributed by atoms with van der Waals surface area (Å²) in [7, 11) is 0. The van der Waals surface area contributed by atoms with Gasteiger partial charge in [0.05, 0.1) is 6.07 Å². The van der Waals surface area contributed by atoms with Crippen LogP contribution in [0.15, 0.2) is 11.6 Å². The van der Waals surface area contributed by atoms with Gasteiger partial charge in [0.25, 0.3) is 0 Å². The normalized spacial score (nSPS) is 11.3. The molecule has 0 aliphatic carbocycles. The number of carboxylic acids is 1. The molecule has 0 aromatic carbocycles. The third-order valence-corrected chi connectivity index (χ3v) is 1.50. The monoisotopic (exact) mass is 167 g/mol. The molecule has 0 aliphatic heterocycles. The minimum Gasteiger partial charge on any atom is -0.478 e. The van der Waals surface area contributed by atoms with Crippen LogP contribution in [0.3, 0.4) is 0 Å². The molecule has 0 bridgehead atoms. The van der Waals surface area contributed by atoms with E-state index in [0.717, 1.165) is 12.5 Å². The van der Waals surface area contributed by atoms with Crippen LogP contribution in [0.5, 0.6) is 0 Å². The summed E-state index contributed by atoms with van der Waals surface area (Å²) in [4.78, 5) is 10.5. The maximum atomic E-state index is 10.5. The predicted molar refractivity (Wildman–Crippen MR) is 45.4 cm³/mol. The molecule has 0 heterocycles. The molecule has 0 spiro atoms. The van der Waals surface area contributed by atoms with E-state index in [4.69, 9.17) is 10.4 Å². The number of carboxylic acid groups (broad SMARTS) is 1. The van der Waals surface area contributed by atoms with Crippen molar-refractivity contribution in [3.63, 3.8) is 0 Å². The fourth-order valence-corrected chi connectivity index (χ4v) is 0.763. The lowest BCUT2D eigenvalue weighted by Crippen LogP contribution is -2.01. The van der Waals surface area contributed by atoms with E-state index in [1.807, 2.05) is 13.8 Å². The highest BCUT2D eigenvalue weighted by molar-refractivity contribution is 5.87. The van der Waals surface area contributed by atoms with Crippen molar-refractivity contribution in [3.05, 3.63) is 11.6 Å². The van der Waals surface area contributed by atoms with Gasteiger partial charge in [0.15, 0.2) is 0 Å². The summed E-state index contributed by atoms with van der Waals surface area (Å²) in [6.45, 7) is 4.04. The van der Waals surface area contributed by atoms with Crippen LogP contribution in [0.1, 0.15) is 26.7 Å². The van der Waals surface area contributed by atoms with E-state index in [0.29, 0.717) is 12.3 Å². The predicted octanol–water partition coefficient (Wildman–Crippen LogP) is 1.96. The Balaban J connectivity index is 4.09. The van der Waals surface area contributed by atoms with Gasteiger partial charge in [-0.25, -0.2) is 4.79 Å². The van der Waals surface area contributed by atoms with Gasteiger partial charge in [-0.3, -0.25) is 0 Å². The van der Waals surface area contributed by atoms with E-state index in [1.54, 1.807) is 6.07 Å². The van der Waals surface area contributed by atoms with Crippen molar-refractivity contribution in [1.29, 1.82) is 5.26 Å². The van der Waals surface area contributed by atoms with Gasteiger partial charge in [0, 0.05) is 11.6 Å². The Bertz CT molecular complexity index is 223. The average molecular weight is 167 g/mol. The van der Waals surface area contributed by atoms with Gasteiger partial charge in [-0.05, 0) is 18.8 Å². The number of nitriles is 1. The number of nitrogens with zero attached hydrogens (tertiary/aromatic N) is 1. The molecular formula is C9H13NO2. The van der Waals surface area contributed by atoms with Gasteiger partial charge in [-0.15, -0.1) is 0 Å². The topological polar surface area (TPSA) is 61.1 Å². The molecular weight excluding hydrogens is 154 g/mol. The molecule has 0 atom stereocenters. The van der Waals surface area contributed by atoms with Crippen molar-refractivity contribution < 1.29 is 9.90 Å². The van der Waals surface area contributed by atoms with Crippen molar-refractivity contribution >= 4 is 5.97 Å². The van der Waals surface area contributed by atoms with E-state index >= 15 is 0 Å². The quantitative estimate of drug-likeness (QED) is 0.514. The second kappa shape index (κ2) is 5.36. The van der Waals surface area contributed by atoms with Crippen LogP contribution in [0.4, 0.5) is 0 Å². The Labute approximate surface area is 72.3 Å². The number of aliphatic carboxylic acids is 1. The number of rotatable bonds is 4. The molecule has 0 aromatic heterocycles. The summed E-state index contributed by atoms with van der Waals surface area (Å²) < 4.78 is 0. The number of allylic oxidation sites excluding steroid dienone is 1. The van der Waals surface area contributed by atoms with Crippen molar-refractivity contribution in [3.8, 4) is 6.07 Å². The molecule has 1 N–H and O–H groups in total.